The quantitative estimate of drug-likeness (QED) is 0.489. The molecule has 7 nitrogen and oxygen atoms in total. The monoisotopic (exact) mass is 344 g/mol. The van der Waals surface area contributed by atoms with Gasteiger partial charge in [0.25, 0.3) is 0 Å². The van der Waals surface area contributed by atoms with E-state index in [9.17, 15) is 19.7 Å². The first kappa shape index (κ1) is 18.4. The van der Waals surface area contributed by atoms with Gasteiger partial charge in [0.1, 0.15) is 0 Å². The van der Waals surface area contributed by atoms with Gasteiger partial charge in [-0.25, -0.2) is 0 Å². The number of aryl methyl sites for hydroxylation is 2. The molecular formula is C18H20N2O5. The van der Waals surface area contributed by atoms with E-state index in [1.165, 1.54) is 26.0 Å². The molecule has 0 unspecified atom stereocenters. The Morgan fingerprint density at radius 2 is 1.88 bits per heavy atom. The molecule has 1 aromatic carbocycles. The molecule has 2 rings (SSSR count). The Morgan fingerprint density at radius 3 is 2.40 bits per heavy atom. The Kier molecular flexibility index (Phi) is 5.06. The van der Waals surface area contributed by atoms with Gasteiger partial charge in [0.15, 0.2) is 17.6 Å². The summed E-state index contributed by atoms with van der Waals surface area (Å²) < 4.78 is 5.55. The molecule has 0 aliphatic heterocycles. The van der Waals surface area contributed by atoms with E-state index in [0.29, 0.717) is 16.8 Å². The number of nitro benzene ring substituents is 1. The molecule has 0 bridgehead atoms. The average Bonchev–Trinajstić information content (AvgIpc) is 2.82. The number of carbonyl (C=O) groups is 2. The number of aromatic nitrogens is 1. The topological polar surface area (TPSA) is 102 Å². The fraction of sp³-hybridized carbons (Fsp3) is 0.333. The number of nitrogens with zero attached hydrogens (tertiary/aromatic N) is 1. The highest BCUT2D eigenvalue weighted by Gasteiger charge is 2.26. The third-order valence-corrected chi connectivity index (χ3v) is 4.02. The summed E-state index contributed by atoms with van der Waals surface area (Å²) in [5.74, 6) is -0.472. The molecule has 0 spiro atoms. The van der Waals surface area contributed by atoms with Crippen LogP contribution in [-0.2, 0) is 0 Å². The van der Waals surface area contributed by atoms with Crippen LogP contribution in [-0.4, -0.2) is 27.6 Å². The number of ketones is 2. The summed E-state index contributed by atoms with van der Waals surface area (Å²) in [5, 5.41) is 11.2. The van der Waals surface area contributed by atoms with E-state index in [1.807, 2.05) is 0 Å². The van der Waals surface area contributed by atoms with Crippen LogP contribution in [0.15, 0.2) is 18.2 Å². The van der Waals surface area contributed by atoms with Gasteiger partial charge in [-0.05, 0) is 51.8 Å². The molecule has 0 saturated carbocycles. The minimum absolute atomic E-state index is 0.0316. The van der Waals surface area contributed by atoms with Gasteiger partial charge in [0.05, 0.1) is 10.6 Å². The number of Topliss-reactive ketones (excluding diaryl/α,β-unsaturated/α-hetero) is 2. The van der Waals surface area contributed by atoms with E-state index < -0.39 is 11.0 Å². The van der Waals surface area contributed by atoms with Crippen LogP contribution in [0.3, 0.4) is 0 Å². The molecule has 1 heterocycles. The molecule has 0 aliphatic carbocycles. The van der Waals surface area contributed by atoms with Gasteiger partial charge < -0.3 is 9.72 Å². The number of aromatic amines is 1. The van der Waals surface area contributed by atoms with Gasteiger partial charge in [-0.15, -0.1) is 0 Å². The lowest BCUT2D eigenvalue weighted by Crippen LogP contribution is -2.25. The summed E-state index contributed by atoms with van der Waals surface area (Å²) in [6.45, 7) is 8.10. The average molecular weight is 344 g/mol. The molecular weight excluding hydrogens is 324 g/mol. The van der Waals surface area contributed by atoms with Crippen molar-refractivity contribution >= 4 is 17.3 Å². The highest BCUT2D eigenvalue weighted by molar-refractivity contribution is 6.04. The molecule has 0 amide bonds. The van der Waals surface area contributed by atoms with Crippen molar-refractivity contribution in [3.63, 3.8) is 0 Å². The molecule has 25 heavy (non-hydrogen) atoms. The van der Waals surface area contributed by atoms with Gasteiger partial charge in [-0.1, -0.05) is 6.07 Å². The second-order valence-corrected chi connectivity index (χ2v) is 6.03. The normalized spacial score (nSPS) is 11.9. The zero-order chi connectivity index (χ0) is 18.9. The van der Waals surface area contributed by atoms with Crippen LogP contribution in [0, 0.1) is 30.9 Å². The molecule has 0 saturated heterocycles. The van der Waals surface area contributed by atoms with Crippen molar-refractivity contribution in [3.05, 3.63) is 56.4 Å². The number of nitro groups is 1. The second-order valence-electron chi connectivity index (χ2n) is 6.03. The maximum Gasteiger partial charge on any atom is 0.311 e. The summed E-state index contributed by atoms with van der Waals surface area (Å²) in [7, 11) is 0. The summed E-state index contributed by atoms with van der Waals surface area (Å²) in [4.78, 5) is 37.9. The number of rotatable bonds is 6. The van der Waals surface area contributed by atoms with Crippen molar-refractivity contribution in [1.82, 2.24) is 4.98 Å². The standard InChI is InChI=1S/C18H20N2O5/c1-9-6-7-15(14(8-9)20(23)24)25-13(5)18(22)17-10(2)16(12(4)21)11(3)19-17/h6-8,13,19H,1-5H3/t13-/m1/s1. The molecule has 0 fully saturated rings. The van der Waals surface area contributed by atoms with Crippen LogP contribution in [0.4, 0.5) is 5.69 Å². The molecule has 1 atom stereocenters. The smallest absolute Gasteiger partial charge is 0.311 e. The molecule has 132 valence electrons. The second kappa shape index (κ2) is 6.88. The Bertz CT molecular complexity index is 867. The number of nitrogens with one attached hydrogen (secondary N) is 1. The van der Waals surface area contributed by atoms with Crippen LogP contribution in [0.5, 0.6) is 5.75 Å². The first-order valence-electron chi connectivity index (χ1n) is 7.79. The first-order valence-corrected chi connectivity index (χ1v) is 7.79. The predicted octanol–water partition coefficient (Wildman–Crippen LogP) is 3.70. The van der Waals surface area contributed by atoms with E-state index in [4.69, 9.17) is 4.74 Å². The minimum atomic E-state index is -0.946. The van der Waals surface area contributed by atoms with Crippen molar-refractivity contribution in [1.29, 1.82) is 0 Å². The third-order valence-electron chi connectivity index (χ3n) is 4.02. The van der Waals surface area contributed by atoms with Crippen LogP contribution in [0.2, 0.25) is 0 Å². The highest BCUT2D eigenvalue weighted by atomic mass is 16.6. The number of H-pyrrole nitrogens is 1. The number of benzene rings is 1. The summed E-state index contributed by atoms with van der Waals surface area (Å²) in [6.07, 6.45) is -0.946. The van der Waals surface area contributed by atoms with Crippen LogP contribution >= 0.6 is 0 Å². The maximum absolute atomic E-state index is 12.7. The molecule has 0 aliphatic rings. The highest BCUT2D eigenvalue weighted by Crippen LogP contribution is 2.29. The van der Waals surface area contributed by atoms with Crippen LogP contribution in [0.25, 0.3) is 0 Å². The van der Waals surface area contributed by atoms with Crippen molar-refractivity contribution < 1.29 is 19.2 Å². The van der Waals surface area contributed by atoms with Gasteiger partial charge in [0.2, 0.25) is 5.78 Å². The zero-order valence-corrected chi connectivity index (χ0v) is 14.8. The fourth-order valence-corrected chi connectivity index (χ4v) is 2.84. The number of hydrogen-bond acceptors (Lipinski definition) is 5. The van der Waals surface area contributed by atoms with Gasteiger partial charge in [-0.2, -0.15) is 0 Å². The van der Waals surface area contributed by atoms with E-state index in [1.54, 1.807) is 26.8 Å². The van der Waals surface area contributed by atoms with Crippen molar-refractivity contribution in [2.45, 2.75) is 40.7 Å². The Morgan fingerprint density at radius 1 is 1.24 bits per heavy atom. The lowest BCUT2D eigenvalue weighted by molar-refractivity contribution is -0.386. The van der Waals surface area contributed by atoms with E-state index >= 15 is 0 Å². The van der Waals surface area contributed by atoms with E-state index in [0.717, 1.165) is 5.56 Å². The van der Waals surface area contributed by atoms with Crippen molar-refractivity contribution in [3.8, 4) is 5.75 Å². The summed E-state index contributed by atoms with van der Waals surface area (Å²) in [6, 6.07) is 4.55. The Balaban J connectivity index is 2.32. The fourth-order valence-electron chi connectivity index (χ4n) is 2.84. The van der Waals surface area contributed by atoms with E-state index in [2.05, 4.69) is 4.98 Å². The lowest BCUT2D eigenvalue weighted by Gasteiger charge is -2.14. The maximum atomic E-state index is 12.7. The lowest BCUT2D eigenvalue weighted by atomic mass is 10.0. The van der Waals surface area contributed by atoms with Gasteiger partial charge >= 0.3 is 5.69 Å². The molecule has 2 aromatic rings. The predicted molar refractivity (Wildman–Crippen MR) is 92.5 cm³/mol. The number of hydrogen-bond donors (Lipinski definition) is 1. The van der Waals surface area contributed by atoms with Gasteiger partial charge in [0, 0.05) is 17.3 Å². The first-order chi connectivity index (χ1) is 11.6. The molecule has 0 radical (unpaired) electrons. The van der Waals surface area contributed by atoms with Crippen molar-refractivity contribution in [2.75, 3.05) is 0 Å². The molecule has 1 aromatic heterocycles. The molecule has 1 N–H and O–H groups in total. The van der Waals surface area contributed by atoms with Crippen LogP contribution in [0.1, 0.15) is 51.5 Å². The summed E-state index contributed by atoms with van der Waals surface area (Å²) in [5.41, 5.74) is 2.47. The number of ether oxygens (including phenoxy) is 1. The van der Waals surface area contributed by atoms with E-state index in [-0.39, 0.29) is 28.7 Å². The Labute approximate surface area is 145 Å². The minimum Gasteiger partial charge on any atom is -0.475 e. The van der Waals surface area contributed by atoms with Crippen LogP contribution < -0.4 is 4.74 Å². The van der Waals surface area contributed by atoms with Gasteiger partial charge in [-0.3, -0.25) is 19.7 Å². The molecule has 7 heteroatoms. The third kappa shape index (κ3) is 3.60. The summed E-state index contributed by atoms with van der Waals surface area (Å²) >= 11 is 0. The number of carbonyl (C=O) groups excluding carboxylic acids is 2. The van der Waals surface area contributed by atoms with Crippen molar-refractivity contribution in [2.24, 2.45) is 0 Å². The zero-order valence-electron chi connectivity index (χ0n) is 14.8. The SMILES string of the molecule is CC(=O)c1c(C)[nH]c(C(=O)[C@@H](C)Oc2ccc(C)cc2[N+](=O)[O-])c1C. The largest absolute Gasteiger partial charge is 0.475 e. The Hall–Kier alpha value is -2.96.